The van der Waals surface area contributed by atoms with Crippen LogP contribution in [0.3, 0.4) is 0 Å². The third-order valence-electron chi connectivity index (χ3n) is 2.64. The van der Waals surface area contributed by atoms with Crippen molar-refractivity contribution in [2.75, 3.05) is 12.4 Å². The van der Waals surface area contributed by atoms with Crippen LogP contribution in [0.4, 0.5) is 5.82 Å². The van der Waals surface area contributed by atoms with Crippen molar-refractivity contribution < 1.29 is 4.79 Å². The maximum absolute atomic E-state index is 12.0. The Morgan fingerprint density at radius 2 is 2.26 bits per heavy atom. The van der Waals surface area contributed by atoms with Crippen molar-refractivity contribution >= 4 is 11.7 Å². The highest BCUT2D eigenvalue weighted by Gasteiger charge is 2.11. The second kappa shape index (κ2) is 5.99. The van der Waals surface area contributed by atoms with Gasteiger partial charge in [-0.15, -0.1) is 0 Å². The van der Waals surface area contributed by atoms with Gasteiger partial charge < -0.3 is 10.6 Å². The Hall–Kier alpha value is -2.37. The summed E-state index contributed by atoms with van der Waals surface area (Å²) in [5.41, 5.74) is 0.402. The summed E-state index contributed by atoms with van der Waals surface area (Å²) in [6, 6.07) is 7.13. The highest BCUT2D eigenvalue weighted by molar-refractivity contribution is 5.92. The van der Waals surface area contributed by atoms with Gasteiger partial charge in [0.25, 0.3) is 5.91 Å². The SMILES string of the molecule is CNc1cccc(C(=O)NC(C)Cn2cccn2)n1. The van der Waals surface area contributed by atoms with Gasteiger partial charge in [0.05, 0.1) is 6.54 Å². The summed E-state index contributed by atoms with van der Waals surface area (Å²) in [4.78, 5) is 16.2. The van der Waals surface area contributed by atoms with E-state index in [2.05, 4.69) is 20.7 Å². The number of amides is 1. The molecule has 0 fully saturated rings. The maximum atomic E-state index is 12.0. The van der Waals surface area contributed by atoms with Crippen LogP contribution in [-0.2, 0) is 6.54 Å². The first-order valence-corrected chi connectivity index (χ1v) is 6.12. The second-order valence-corrected chi connectivity index (χ2v) is 4.26. The zero-order chi connectivity index (χ0) is 13.7. The molecule has 6 heteroatoms. The molecular formula is C13H17N5O. The van der Waals surface area contributed by atoms with Crippen LogP contribution in [0, 0.1) is 0 Å². The fraction of sp³-hybridized carbons (Fsp3) is 0.308. The fourth-order valence-electron chi connectivity index (χ4n) is 1.73. The number of aromatic nitrogens is 3. The van der Waals surface area contributed by atoms with Gasteiger partial charge in [0, 0.05) is 25.5 Å². The monoisotopic (exact) mass is 259 g/mol. The molecule has 0 aliphatic heterocycles. The summed E-state index contributed by atoms with van der Waals surface area (Å²) in [6.45, 7) is 2.56. The summed E-state index contributed by atoms with van der Waals surface area (Å²) < 4.78 is 1.78. The van der Waals surface area contributed by atoms with E-state index in [9.17, 15) is 4.79 Å². The van der Waals surface area contributed by atoms with Gasteiger partial charge >= 0.3 is 0 Å². The number of rotatable bonds is 5. The molecule has 1 amide bonds. The molecule has 1 atom stereocenters. The van der Waals surface area contributed by atoms with E-state index in [1.165, 1.54) is 0 Å². The zero-order valence-electron chi connectivity index (χ0n) is 11.0. The molecule has 1 unspecified atom stereocenters. The number of nitrogens with one attached hydrogen (secondary N) is 2. The van der Waals surface area contributed by atoms with Gasteiger partial charge in [-0.05, 0) is 25.1 Å². The number of carbonyl (C=O) groups excluding carboxylic acids is 1. The van der Waals surface area contributed by atoms with E-state index < -0.39 is 0 Å². The Bertz CT molecular complexity index is 538. The summed E-state index contributed by atoms with van der Waals surface area (Å²) >= 11 is 0. The summed E-state index contributed by atoms with van der Waals surface area (Å²) in [5.74, 6) is 0.490. The molecule has 6 nitrogen and oxygen atoms in total. The molecular weight excluding hydrogens is 242 g/mol. The van der Waals surface area contributed by atoms with Crippen molar-refractivity contribution in [3.8, 4) is 0 Å². The van der Waals surface area contributed by atoms with E-state index in [0.29, 0.717) is 18.1 Å². The molecule has 0 aliphatic rings. The first kappa shape index (κ1) is 13.1. The normalized spacial score (nSPS) is 11.9. The summed E-state index contributed by atoms with van der Waals surface area (Å²) in [5, 5.41) is 9.91. The lowest BCUT2D eigenvalue weighted by Crippen LogP contribution is -2.36. The van der Waals surface area contributed by atoms with E-state index in [1.54, 1.807) is 30.1 Å². The third-order valence-corrected chi connectivity index (χ3v) is 2.64. The lowest BCUT2D eigenvalue weighted by atomic mass is 10.3. The lowest BCUT2D eigenvalue weighted by molar-refractivity contribution is 0.0931. The van der Waals surface area contributed by atoms with Crippen molar-refractivity contribution in [3.05, 3.63) is 42.4 Å². The number of hydrogen-bond acceptors (Lipinski definition) is 4. The minimum atomic E-state index is -0.184. The molecule has 0 aromatic carbocycles. The van der Waals surface area contributed by atoms with Crippen LogP contribution in [0.1, 0.15) is 17.4 Å². The molecule has 2 rings (SSSR count). The largest absolute Gasteiger partial charge is 0.373 e. The average Bonchev–Trinajstić information content (AvgIpc) is 2.91. The fourth-order valence-corrected chi connectivity index (χ4v) is 1.73. The molecule has 0 bridgehead atoms. The van der Waals surface area contributed by atoms with E-state index in [0.717, 1.165) is 0 Å². The van der Waals surface area contributed by atoms with Crippen molar-refractivity contribution in [1.29, 1.82) is 0 Å². The standard InChI is InChI=1S/C13H17N5O/c1-10(9-18-8-4-7-15-18)16-13(19)11-5-3-6-12(14-2)17-11/h3-8,10H,9H2,1-2H3,(H,14,17)(H,16,19). The van der Waals surface area contributed by atoms with Crippen LogP contribution >= 0.6 is 0 Å². The molecule has 19 heavy (non-hydrogen) atoms. The minimum absolute atomic E-state index is 0.0209. The van der Waals surface area contributed by atoms with Crippen LogP contribution in [-0.4, -0.2) is 33.8 Å². The summed E-state index contributed by atoms with van der Waals surface area (Å²) in [6.07, 6.45) is 3.58. The molecule has 2 heterocycles. The zero-order valence-corrected chi connectivity index (χ0v) is 11.0. The smallest absolute Gasteiger partial charge is 0.270 e. The minimum Gasteiger partial charge on any atom is -0.373 e. The molecule has 0 radical (unpaired) electrons. The number of anilines is 1. The molecule has 2 N–H and O–H groups in total. The highest BCUT2D eigenvalue weighted by atomic mass is 16.1. The maximum Gasteiger partial charge on any atom is 0.270 e. The van der Waals surface area contributed by atoms with E-state index >= 15 is 0 Å². The quantitative estimate of drug-likeness (QED) is 0.844. The Balaban J connectivity index is 1.96. The lowest BCUT2D eigenvalue weighted by Gasteiger charge is -2.13. The predicted octanol–water partition coefficient (Wildman–Crippen LogP) is 1.14. The van der Waals surface area contributed by atoms with Crippen molar-refractivity contribution in [2.24, 2.45) is 0 Å². The van der Waals surface area contributed by atoms with E-state index in [4.69, 9.17) is 0 Å². The average molecular weight is 259 g/mol. The third kappa shape index (κ3) is 3.54. The van der Waals surface area contributed by atoms with Gasteiger partial charge in [-0.1, -0.05) is 6.07 Å². The number of pyridine rings is 1. The predicted molar refractivity (Wildman–Crippen MR) is 72.9 cm³/mol. The Kier molecular flexibility index (Phi) is 4.12. The van der Waals surface area contributed by atoms with Gasteiger partial charge in [0.2, 0.25) is 0 Å². The topological polar surface area (TPSA) is 71.8 Å². The van der Waals surface area contributed by atoms with Crippen LogP contribution in [0.25, 0.3) is 0 Å². The van der Waals surface area contributed by atoms with Crippen molar-refractivity contribution in [3.63, 3.8) is 0 Å². The Morgan fingerprint density at radius 1 is 1.42 bits per heavy atom. The molecule has 2 aromatic rings. The molecule has 0 saturated heterocycles. The second-order valence-electron chi connectivity index (χ2n) is 4.26. The number of hydrogen-bond donors (Lipinski definition) is 2. The highest BCUT2D eigenvalue weighted by Crippen LogP contribution is 2.04. The van der Waals surface area contributed by atoms with E-state index in [-0.39, 0.29) is 11.9 Å². The first-order chi connectivity index (χ1) is 9.19. The van der Waals surface area contributed by atoms with Crippen LogP contribution in [0.2, 0.25) is 0 Å². The van der Waals surface area contributed by atoms with Gasteiger partial charge in [-0.2, -0.15) is 5.10 Å². The summed E-state index contributed by atoms with van der Waals surface area (Å²) in [7, 11) is 1.77. The van der Waals surface area contributed by atoms with E-state index in [1.807, 2.05) is 25.3 Å². The van der Waals surface area contributed by atoms with Crippen LogP contribution in [0.5, 0.6) is 0 Å². The Morgan fingerprint density at radius 3 is 2.95 bits per heavy atom. The number of carbonyl (C=O) groups is 1. The molecule has 0 aliphatic carbocycles. The van der Waals surface area contributed by atoms with Gasteiger partial charge in [-0.25, -0.2) is 4.98 Å². The van der Waals surface area contributed by atoms with Gasteiger partial charge in [0.15, 0.2) is 0 Å². The molecule has 0 saturated carbocycles. The van der Waals surface area contributed by atoms with Gasteiger partial charge in [-0.3, -0.25) is 9.48 Å². The van der Waals surface area contributed by atoms with Gasteiger partial charge in [0.1, 0.15) is 11.5 Å². The number of nitrogens with zero attached hydrogens (tertiary/aromatic N) is 3. The molecule has 0 spiro atoms. The van der Waals surface area contributed by atoms with Crippen molar-refractivity contribution in [2.45, 2.75) is 19.5 Å². The van der Waals surface area contributed by atoms with Crippen molar-refractivity contribution in [1.82, 2.24) is 20.1 Å². The molecule has 100 valence electrons. The van der Waals surface area contributed by atoms with Crippen LogP contribution in [0.15, 0.2) is 36.7 Å². The Labute approximate surface area is 111 Å². The molecule has 2 aromatic heterocycles. The van der Waals surface area contributed by atoms with Crippen LogP contribution < -0.4 is 10.6 Å². The first-order valence-electron chi connectivity index (χ1n) is 6.12.